The second kappa shape index (κ2) is 7.85. The smallest absolute Gasteiger partial charge is 0.292 e. The highest BCUT2D eigenvalue weighted by Gasteiger charge is 2.24. The van der Waals surface area contributed by atoms with E-state index in [1.54, 1.807) is 0 Å². The van der Waals surface area contributed by atoms with Crippen LogP contribution in [0.25, 0.3) is 0 Å². The summed E-state index contributed by atoms with van der Waals surface area (Å²) < 4.78 is 5.50. The molecular formula is C11H21ClO3Si. The van der Waals surface area contributed by atoms with E-state index in [1.165, 1.54) is 0 Å². The summed E-state index contributed by atoms with van der Waals surface area (Å²) in [6, 6.07) is 0. The van der Waals surface area contributed by atoms with Crippen LogP contribution in [-0.4, -0.2) is 20.3 Å². The minimum atomic E-state index is -1.47. The average molecular weight is 265 g/mol. The molecule has 5 heteroatoms. The van der Waals surface area contributed by atoms with Gasteiger partial charge in [-0.15, -0.1) is 0 Å². The van der Waals surface area contributed by atoms with Crippen molar-refractivity contribution in [1.82, 2.24) is 0 Å². The van der Waals surface area contributed by atoms with Gasteiger partial charge in [0.15, 0.2) is 0 Å². The standard InChI is InChI=1S/C11H21ClO3Si/c1-8(2)16(9(3)4)15-11(14)7-5-6-10(12)13/h8-9,16H,5-7H2,1-4H3. The summed E-state index contributed by atoms with van der Waals surface area (Å²) in [6.07, 6.45) is 1.02. The fourth-order valence-electron chi connectivity index (χ4n) is 1.62. The number of halogens is 1. The van der Waals surface area contributed by atoms with E-state index in [2.05, 4.69) is 27.7 Å². The lowest BCUT2D eigenvalue weighted by atomic mass is 10.2. The molecule has 0 radical (unpaired) electrons. The lowest BCUT2D eigenvalue weighted by Gasteiger charge is -2.22. The molecule has 0 saturated heterocycles. The molecule has 0 rings (SSSR count). The van der Waals surface area contributed by atoms with Gasteiger partial charge < -0.3 is 4.43 Å². The Morgan fingerprint density at radius 3 is 2.00 bits per heavy atom. The van der Waals surface area contributed by atoms with Gasteiger partial charge in [0.25, 0.3) is 5.97 Å². The average Bonchev–Trinajstić information content (AvgIpc) is 2.12. The number of hydrogen-bond donors (Lipinski definition) is 0. The fourth-order valence-corrected chi connectivity index (χ4v) is 4.26. The second-order valence-corrected chi connectivity index (χ2v) is 8.90. The first-order valence-electron chi connectivity index (χ1n) is 5.72. The maximum absolute atomic E-state index is 11.5. The van der Waals surface area contributed by atoms with Crippen LogP contribution in [0.4, 0.5) is 0 Å². The third kappa shape index (κ3) is 7.01. The summed E-state index contributed by atoms with van der Waals surface area (Å²) in [4.78, 5) is 22.0. The molecule has 0 aliphatic heterocycles. The molecule has 16 heavy (non-hydrogen) atoms. The molecule has 0 fully saturated rings. The largest absolute Gasteiger partial charge is 0.521 e. The fraction of sp³-hybridized carbons (Fsp3) is 0.818. The van der Waals surface area contributed by atoms with Crippen LogP contribution >= 0.6 is 11.6 Å². The Labute approximate surface area is 104 Å². The van der Waals surface area contributed by atoms with E-state index in [9.17, 15) is 9.59 Å². The Morgan fingerprint density at radius 1 is 1.12 bits per heavy atom. The summed E-state index contributed by atoms with van der Waals surface area (Å²) in [7, 11) is -1.47. The van der Waals surface area contributed by atoms with Crippen LogP contribution in [0.1, 0.15) is 47.0 Å². The normalized spacial score (nSPS) is 11.2. The topological polar surface area (TPSA) is 43.4 Å². The van der Waals surface area contributed by atoms with Gasteiger partial charge in [-0.25, -0.2) is 0 Å². The molecule has 0 aliphatic carbocycles. The third-order valence-electron chi connectivity index (χ3n) is 2.34. The van der Waals surface area contributed by atoms with E-state index in [1.807, 2.05) is 0 Å². The number of rotatable bonds is 7. The summed E-state index contributed by atoms with van der Waals surface area (Å²) >= 11 is 5.19. The number of carbonyl (C=O) groups excluding carboxylic acids is 2. The zero-order valence-electron chi connectivity index (χ0n) is 10.5. The summed E-state index contributed by atoms with van der Waals surface area (Å²) in [5.74, 6) is -0.183. The Kier molecular flexibility index (Phi) is 7.67. The van der Waals surface area contributed by atoms with Crippen molar-refractivity contribution >= 4 is 31.9 Å². The summed E-state index contributed by atoms with van der Waals surface area (Å²) in [5.41, 5.74) is 0.886. The highest BCUT2D eigenvalue weighted by molar-refractivity contribution is 6.63. The maximum atomic E-state index is 11.5. The molecule has 94 valence electrons. The van der Waals surface area contributed by atoms with E-state index in [-0.39, 0.29) is 12.4 Å². The van der Waals surface area contributed by atoms with Crippen molar-refractivity contribution in [3.8, 4) is 0 Å². The molecule has 3 nitrogen and oxygen atoms in total. The van der Waals surface area contributed by atoms with E-state index < -0.39 is 14.3 Å². The zero-order chi connectivity index (χ0) is 12.7. The van der Waals surface area contributed by atoms with Crippen molar-refractivity contribution in [3.05, 3.63) is 0 Å². The molecule has 0 aromatic heterocycles. The monoisotopic (exact) mass is 264 g/mol. The van der Waals surface area contributed by atoms with Gasteiger partial charge in [-0.2, -0.15) is 0 Å². The quantitative estimate of drug-likeness (QED) is 0.524. The van der Waals surface area contributed by atoms with Gasteiger partial charge >= 0.3 is 0 Å². The Balaban J connectivity index is 3.96. The first-order chi connectivity index (χ1) is 7.34. The molecule has 0 spiro atoms. The maximum Gasteiger partial charge on any atom is 0.292 e. The predicted molar refractivity (Wildman–Crippen MR) is 68.1 cm³/mol. The molecule has 0 unspecified atom stereocenters. The molecule has 0 heterocycles. The van der Waals surface area contributed by atoms with Gasteiger partial charge in [0, 0.05) is 12.8 Å². The SMILES string of the molecule is CC(C)[SiH](OC(=O)CCCC(=O)Cl)C(C)C. The van der Waals surface area contributed by atoms with Crippen molar-refractivity contribution in [2.24, 2.45) is 0 Å². The van der Waals surface area contributed by atoms with Crippen molar-refractivity contribution in [3.63, 3.8) is 0 Å². The lowest BCUT2D eigenvalue weighted by molar-refractivity contribution is -0.135. The van der Waals surface area contributed by atoms with Crippen LogP contribution in [0.2, 0.25) is 11.1 Å². The van der Waals surface area contributed by atoms with E-state index in [0.29, 0.717) is 23.9 Å². The molecule has 0 N–H and O–H groups in total. The number of hydrogen-bond acceptors (Lipinski definition) is 3. The second-order valence-electron chi connectivity index (χ2n) is 4.65. The van der Waals surface area contributed by atoms with Gasteiger partial charge in [0.1, 0.15) is 0 Å². The van der Waals surface area contributed by atoms with Gasteiger partial charge in [0.05, 0.1) is 0 Å². The van der Waals surface area contributed by atoms with Gasteiger partial charge in [-0.3, -0.25) is 9.59 Å². The van der Waals surface area contributed by atoms with Gasteiger partial charge in [-0.1, -0.05) is 27.7 Å². The van der Waals surface area contributed by atoms with Gasteiger partial charge in [0.2, 0.25) is 14.3 Å². The Hall–Kier alpha value is -0.353. The van der Waals surface area contributed by atoms with Crippen LogP contribution in [0.15, 0.2) is 0 Å². The van der Waals surface area contributed by atoms with Crippen molar-refractivity contribution in [2.75, 3.05) is 0 Å². The predicted octanol–water partition coefficient (Wildman–Crippen LogP) is 3.01. The highest BCUT2D eigenvalue weighted by Crippen LogP contribution is 2.21. The minimum absolute atomic E-state index is 0.183. The molecule has 0 aromatic rings. The Morgan fingerprint density at radius 2 is 1.62 bits per heavy atom. The van der Waals surface area contributed by atoms with E-state index in [4.69, 9.17) is 16.0 Å². The molecule has 0 bridgehead atoms. The zero-order valence-corrected chi connectivity index (χ0v) is 12.4. The van der Waals surface area contributed by atoms with Crippen molar-refractivity contribution in [2.45, 2.75) is 58.0 Å². The van der Waals surface area contributed by atoms with E-state index >= 15 is 0 Å². The highest BCUT2D eigenvalue weighted by atomic mass is 35.5. The van der Waals surface area contributed by atoms with E-state index in [0.717, 1.165) is 0 Å². The first kappa shape index (κ1) is 15.6. The van der Waals surface area contributed by atoms with Crippen LogP contribution in [0, 0.1) is 0 Å². The third-order valence-corrected chi connectivity index (χ3v) is 5.69. The number of carbonyl (C=O) groups is 2. The van der Waals surface area contributed by atoms with Crippen molar-refractivity contribution < 1.29 is 14.0 Å². The molecular weight excluding hydrogens is 244 g/mol. The summed E-state index contributed by atoms with van der Waals surface area (Å²) in [6.45, 7) is 8.36. The lowest BCUT2D eigenvalue weighted by Crippen LogP contribution is -2.28. The first-order valence-corrected chi connectivity index (χ1v) is 7.90. The van der Waals surface area contributed by atoms with Crippen molar-refractivity contribution in [1.29, 1.82) is 0 Å². The molecule has 0 atom stereocenters. The molecule has 0 aliphatic rings. The summed E-state index contributed by atoms with van der Waals surface area (Å²) in [5, 5.41) is -0.394. The minimum Gasteiger partial charge on any atom is -0.521 e. The van der Waals surface area contributed by atoms with Crippen LogP contribution in [0.3, 0.4) is 0 Å². The van der Waals surface area contributed by atoms with Gasteiger partial charge in [-0.05, 0) is 29.1 Å². The molecule has 0 amide bonds. The van der Waals surface area contributed by atoms with Crippen LogP contribution in [0.5, 0.6) is 0 Å². The molecule has 0 aromatic carbocycles. The molecule has 0 saturated carbocycles. The van der Waals surface area contributed by atoms with Crippen LogP contribution in [-0.2, 0) is 14.0 Å². The Bertz CT molecular complexity index is 233. The van der Waals surface area contributed by atoms with Crippen LogP contribution < -0.4 is 0 Å².